The third-order valence-corrected chi connectivity index (χ3v) is 3.54. The lowest BCUT2D eigenvalue weighted by molar-refractivity contribution is -0.144. The first kappa shape index (κ1) is 11.2. The summed E-state index contributed by atoms with van der Waals surface area (Å²) in [4.78, 5) is 10.7. The molecule has 0 heterocycles. The Balaban J connectivity index is 2.34. The molecule has 0 N–H and O–H groups in total. The van der Waals surface area contributed by atoms with E-state index in [9.17, 15) is 4.79 Å². The third-order valence-electron chi connectivity index (χ3n) is 3.54. The first-order valence-corrected chi connectivity index (χ1v) is 5.75. The molecule has 0 radical (unpaired) electrons. The zero-order valence-electron chi connectivity index (χ0n) is 9.90. The van der Waals surface area contributed by atoms with Crippen LogP contribution in [-0.4, -0.2) is 6.47 Å². The first-order chi connectivity index (χ1) is 7.58. The van der Waals surface area contributed by atoms with Crippen LogP contribution in [0.2, 0.25) is 0 Å². The standard InChI is InChI=1S/C14H18O2/c1-13(2)8-9-14(10-13,16-11-15)12-6-4-3-5-7-12/h3-7,11H,8-10H2,1-2H3. The van der Waals surface area contributed by atoms with Crippen LogP contribution in [0.5, 0.6) is 0 Å². The fraction of sp³-hybridized carbons (Fsp3) is 0.500. The Morgan fingerprint density at radius 3 is 2.38 bits per heavy atom. The Bertz CT molecular complexity index is 370. The molecule has 2 heteroatoms. The highest BCUT2D eigenvalue weighted by atomic mass is 16.5. The van der Waals surface area contributed by atoms with E-state index in [-0.39, 0.29) is 5.41 Å². The normalized spacial score (nSPS) is 27.6. The van der Waals surface area contributed by atoms with Crippen LogP contribution in [-0.2, 0) is 15.1 Å². The van der Waals surface area contributed by atoms with Gasteiger partial charge in [0.15, 0.2) is 0 Å². The highest BCUT2D eigenvalue weighted by Gasteiger charge is 2.46. The molecule has 1 aromatic rings. The SMILES string of the molecule is CC1(C)CCC(OC=O)(c2ccccc2)C1. The summed E-state index contributed by atoms with van der Waals surface area (Å²) >= 11 is 0. The van der Waals surface area contributed by atoms with Gasteiger partial charge in [-0.1, -0.05) is 44.2 Å². The monoisotopic (exact) mass is 218 g/mol. The van der Waals surface area contributed by atoms with Crippen LogP contribution in [0.15, 0.2) is 30.3 Å². The number of carbonyl (C=O) groups is 1. The molecule has 16 heavy (non-hydrogen) atoms. The smallest absolute Gasteiger partial charge is 0.293 e. The van der Waals surface area contributed by atoms with Crippen molar-refractivity contribution < 1.29 is 9.53 Å². The summed E-state index contributed by atoms with van der Waals surface area (Å²) in [7, 11) is 0. The topological polar surface area (TPSA) is 26.3 Å². The predicted molar refractivity (Wildman–Crippen MR) is 62.9 cm³/mol. The fourth-order valence-corrected chi connectivity index (χ4v) is 2.74. The van der Waals surface area contributed by atoms with Crippen molar-refractivity contribution in [2.45, 2.75) is 38.7 Å². The van der Waals surface area contributed by atoms with Crippen molar-refractivity contribution in [3.05, 3.63) is 35.9 Å². The molecular formula is C14H18O2. The van der Waals surface area contributed by atoms with Gasteiger partial charge in [-0.15, -0.1) is 0 Å². The molecule has 0 bridgehead atoms. The Hall–Kier alpha value is -1.31. The van der Waals surface area contributed by atoms with Gasteiger partial charge in [0.1, 0.15) is 5.60 Å². The van der Waals surface area contributed by atoms with Crippen LogP contribution in [0.25, 0.3) is 0 Å². The van der Waals surface area contributed by atoms with E-state index in [1.165, 1.54) is 0 Å². The number of carbonyl (C=O) groups excluding carboxylic acids is 1. The molecule has 1 saturated carbocycles. The summed E-state index contributed by atoms with van der Waals surface area (Å²) in [6.45, 7) is 5.05. The highest BCUT2D eigenvalue weighted by molar-refractivity contribution is 5.41. The van der Waals surface area contributed by atoms with Crippen LogP contribution >= 0.6 is 0 Å². The molecule has 1 aliphatic rings. The van der Waals surface area contributed by atoms with Gasteiger partial charge in [0.2, 0.25) is 0 Å². The summed E-state index contributed by atoms with van der Waals surface area (Å²) in [6, 6.07) is 10.1. The van der Waals surface area contributed by atoms with Crippen LogP contribution < -0.4 is 0 Å². The van der Waals surface area contributed by atoms with Crippen LogP contribution in [0.3, 0.4) is 0 Å². The molecule has 1 unspecified atom stereocenters. The molecule has 1 aromatic carbocycles. The lowest BCUT2D eigenvalue weighted by Crippen LogP contribution is -2.27. The van der Waals surface area contributed by atoms with Crippen molar-refractivity contribution >= 4 is 6.47 Å². The number of hydrogen-bond donors (Lipinski definition) is 0. The van der Waals surface area contributed by atoms with Crippen LogP contribution in [0.4, 0.5) is 0 Å². The summed E-state index contributed by atoms with van der Waals surface area (Å²) in [5, 5.41) is 0. The van der Waals surface area contributed by atoms with Gasteiger partial charge in [-0.25, -0.2) is 0 Å². The van der Waals surface area contributed by atoms with Crippen LogP contribution in [0.1, 0.15) is 38.7 Å². The molecule has 0 amide bonds. The Labute approximate surface area is 96.6 Å². The lowest BCUT2D eigenvalue weighted by atomic mass is 9.86. The van der Waals surface area contributed by atoms with Crippen molar-refractivity contribution in [1.82, 2.24) is 0 Å². The molecule has 1 aliphatic carbocycles. The number of hydrogen-bond acceptors (Lipinski definition) is 2. The molecular weight excluding hydrogens is 200 g/mol. The largest absolute Gasteiger partial charge is 0.456 e. The maximum Gasteiger partial charge on any atom is 0.293 e. The number of rotatable bonds is 3. The summed E-state index contributed by atoms with van der Waals surface area (Å²) < 4.78 is 5.43. The van der Waals surface area contributed by atoms with E-state index in [1.54, 1.807) is 0 Å². The molecule has 2 rings (SSSR count). The van der Waals surface area contributed by atoms with Crippen molar-refractivity contribution in [3.8, 4) is 0 Å². The maximum atomic E-state index is 10.7. The van der Waals surface area contributed by atoms with Gasteiger partial charge in [0, 0.05) is 0 Å². The van der Waals surface area contributed by atoms with Gasteiger partial charge in [-0.3, -0.25) is 4.79 Å². The van der Waals surface area contributed by atoms with Crippen molar-refractivity contribution in [1.29, 1.82) is 0 Å². The van der Waals surface area contributed by atoms with E-state index in [2.05, 4.69) is 13.8 Å². The van der Waals surface area contributed by atoms with E-state index in [4.69, 9.17) is 4.74 Å². The number of ether oxygens (including phenoxy) is 1. The summed E-state index contributed by atoms with van der Waals surface area (Å²) in [6.07, 6.45) is 2.92. The minimum absolute atomic E-state index is 0.249. The summed E-state index contributed by atoms with van der Waals surface area (Å²) in [5.41, 5.74) is 0.971. The Morgan fingerprint density at radius 2 is 1.88 bits per heavy atom. The van der Waals surface area contributed by atoms with Gasteiger partial charge >= 0.3 is 0 Å². The molecule has 86 valence electrons. The maximum absolute atomic E-state index is 10.7. The molecule has 0 saturated heterocycles. The molecule has 1 fully saturated rings. The highest BCUT2D eigenvalue weighted by Crippen LogP contribution is 2.50. The van der Waals surface area contributed by atoms with E-state index in [1.807, 2.05) is 30.3 Å². The van der Waals surface area contributed by atoms with Crippen LogP contribution in [0, 0.1) is 5.41 Å². The van der Waals surface area contributed by atoms with Crippen molar-refractivity contribution in [2.75, 3.05) is 0 Å². The van der Waals surface area contributed by atoms with Crippen molar-refractivity contribution in [3.63, 3.8) is 0 Å². The second-order valence-corrected chi connectivity index (χ2v) is 5.42. The predicted octanol–water partition coefficient (Wildman–Crippen LogP) is 3.27. The lowest BCUT2D eigenvalue weighted by Gasteiger charge is -2.29. The van der Waals surface area contributed by atoms with Gasteiger partial charge in [-0.2, -0.15) is 0 Å². The Kier molecular flexibility index (Phi) is 2.75. The van der Waals surface area contributed by atoms with E-state index in [0.717, 1.165) is 24.8 Å². The van der Waals surface area contributed by atoms with Gasteiger partial charge in [0.25, 0.3) is 6.47 Å². The second kappa shape index (κ2) is 3.93. The van der Waals surface area contributed by atoms with Gasteiger partial charge < -0.3 is 4.74 Å². The summed E-state index contributed by atoms with van der Waals surface area (Å²) in [5.74, 6) is 0. The van der Waals surface area contributed by atoms with E-state index >= 15 is 0 Å². The minimum atomic E-state index is -0.396. The van der Waals surface area contributed by atoms with E-state index < -0.39 is 5.60 Å². The Morgan fingerprint density at radius 1 is 1.19 bits per heavy atom. The van der Waals surface area contributed by atoms with Gasteiger partial charge in [-0.05, 0) is 30.2 Å². The van der Waals surface area contributed by atoms with E-state index in [0.29, 0.717) is 6.47 Å². The fourth-order valence-electron chi connectivity index (χ4n) is 2.74. The molecule has 0 aliphatic heterocycles. The third kappa shape index (κ3) is 1.97. The first-order valence-electron chi connectivity index (χ1n) is 5.75. The molecule has 0 aromatic heterocycles. The average molecular weight is 218 g/mol. The molecule has 1 atom stereocenters. The minimum Gasteiger partial charge on any atom is -0.456 e. The molecule has 0 spiro atoms. The second-order valence-electron chi connectivity index (χ2n) is 5.42. The average Bonchev–Trinajstić information content (AvgIpc) is 2.58. The van der Waals surface area contributed by atoms with Gasteiger partial charge in [0.05, 0.1) is 0 Å². The molecule has 2 nitrogen and oxygen atoms in total. The zero-order valence-corrected chi connectivity index (χ0v) is 9.90. The van der Waals surface area contributed by atoms with Crippen molar-refractivity contribution in [2.24, 2.45) is 5.41 Å². The quantitative estimate of drug-likeness (QED) is 0.728. The number of benzene rings is 1. The zero-order chi connectivity index (χ0) is 11.6.